The lowest BCUT2D eigenvalue weighted by Gasteiger charge is -2.06. The maximum atomic E-state index is 10.6. The van der Waals surface area contributed by atoms with E-state index in [0.717, 1.165) is 32.6 Å². The molecule has 100 valence electrons. The Morgan fingerprint density at radius 1 is 0.762 bits per heavy atom. The van der Waals surface area contributed by atoms with Crippen molar-refractivity contribution in [1.29, 1.82) is 0 Å². The third kappa shape index (κ3) is 1.82. The Balaban J connectivity index is 2.18. The molecular weight excluding hydrogens is 260 g/mol. The van der Waals surface area contributed by atoms with Gasteiger partial charge in [-0.3, -0.25) is 0 Å². The average Bonchev–Trinajstić information content (AvgIpc) is 2.56. The van der Waals surface area contributed by atoms with Crippen LogP contribution in [0.25, 0.3) is 27.6 Å². The number of nitrogens with zero attached hydrogens (tertiary/aromatic N) is 2. The van der Waals surface area contributed by atoms with Crippen LogP contribution in [-0.2, 0) is 0 Å². The fourth-order valence-electron chi connectivity index (χ4n) is 2.70. The van der Waals surface area contributed by atoms with Gasteiger partial charge >= 0.3 is 0 Å². The van der Waals surface area contributed by atoms with E-state index < -0.39 is 0 Å². The summed E-state index contributed by atoms with van der Waals surface area (Å²) in [5.74, 6) is 0.272. The predicted octanol–water partition coefficient (Wildman–Crippen LogP) is 3.22. The van der Waals surface area contributed by atoms with Crippen LogP contribution in [0.2, 0.25) is 0 Å². The third-order valence-corrected chi connectivity index (χ3v) is 3.69. The van der Waals surface area contributed by atoms with Crippen molar-refractivity contribution in [1.82, 2.24) is 9.97 Å². The van der Waals surface area contributed by atoms with Gasteiger partial charge in [-0.15, -0.1) is 0 Å². The summed E-state index contributed by atoms with van der Waals surface area (Å²) in [7, 11) is 0. The van der Waals surface area contributed by atoms with Crippen LogP contribution in [0.3, 0.4) is 0 Å². The highest BCUT2D eigenvalue weighted by Gasteiger charge is 2.08. The van der Waals surface area contributed by atoms with Crippen molar-refractivity contribution < 1.29 is 5.11 Å². The van der Waals surface area contributed by atoms with Gasteiger partial charge in [-0.05, 0) is 23.6 Å². The van der Waals surface area contributed by atoms with E-state index in [2.05, 4.69) is 9.97 Å². The molecule has 0 bridgehead atoms. The molecule has 0 aliphatic heterocycles. The second-order valence-electron chi connectivity index (χ2n) is 4.92. The van der Waals surface area contributed by atoms with E-state index in [9.17, 15) is 5.11 Å². The molecule has 3 heteroatoms. The molecule has 0 aliphatic rings. The molecule has 1 heterocycles. The van der Waals surface area contributed by atoms with Gasteiger partial charge in [-0.25, -0.2) is 9.97 Å². The molecule has 0 atom stereocenters. The highest BCUT2D eigenvalue weighted by Crippen LogP contribution is 2.21. The molecule has 0 radical (unpaired) electrons. The van der Waals surface area contributed by atoms with Crippen LogP contribution in [0, 0.1) is 0 Å². The minimum atomic E-state index is 0.272. The van der Waals surface area contributed by atoms with Crippen molar-refractivity contribution in [2.45, 2.75) is 0 Å². The number of hydrogen-bond donors (Lipinski definition) is 1. The molecule has 0 amide bonds. The number of aliphatic hydroxyl groups excluding tert-OH is 1. The Labute approximate surface area is 121 Å². The van der Waals surface area contributed by atoms with Crippen molar-refractivity contribution in [3.8, 4) is 0 Å². The first-order valence-corrected chi connectivity index (χ1v) is 6.75. The zero-order valence-corrected chi connectivity index (χ0v) is 11.2. The Morgan fingerprint density at radius 2 is 1.52 bits per heavy atom. The van der Waals surface area contributed by atoms with Crippen LogP contribution in [0.1, 0.15) is 5.56 Å². The number of aromatic nitrogens is 2. The summed E-state index contributed by atoms with van der Waals surface area (Å²) in [6.07, 6.45) is 1.57. The molecule has 0 aliphatic carbocycles. The van der Waals surface area contributed by atoms with Crippen LogP contribution in [0.15, 0.2) is 67.0 Å². The second-order valence-corrected chi connectivity index (χ2v) is 4.92. The molecule has 4 aromatic rings. The summed E-state index contributed by atoms with van der Waals surface area (Å²) in [5, 5.41) is 13.4. The maximum absolute atomic E-state index is 10.6. The minimum absolute atomic E-state index is 0.272. The van der Waals surface area contributed by atoms with Gasteiger partial charge in [0.05, 0.1) is 11.0 Å². The van der Waals surface area contributed by atoms with E-state index in [1.807, 2.05) is 60.7 Å². The Morgan fingerprint density at radius 3 is 2.33 bits per heavy atom. The largest absolute Gasteiger partial charge is 0.507 e. The summed E-state index contributed by atoms with van der Waals surface area (Å²) >= 11 is 0. The minimum Gasteiger partial charge on any atom is -0.507 e. The lowest BCUT2D eigenvalue weighted by Crippen LogP contribution is -2.09. The highest BCUT2D eigenvalue weighted by atomic mass is 16.3. The highest BCUT2D eigenvalue weighted by molar-refractivity contribution is 6.07. The Bertz CT molecular complexity index is 971. The van der Waals surface area contributed by atoms with Crippen LogP contribution in [-0.4, -0.2) is 15.1 Å². The molecule has 3 aromatic carbocycles. The van der Waals surface area contributed by atoms with Gasteiger partial charge in [0, 0.05) is 16.2 Å². The normalized spacial score (nSPS) is 12.8. The van der Waals surface area contributed by atoms with Gasteiger partial charge in [0.2, 0.25) is 0 Å². The van der Waals surface area contributed by atoms with Crippen molar-refractivity contribution in [2.75, 3.05) is 0 Å². The smallest absolute Gasteiger partial charge is 0.130 e. The molecule has 0 spiro atoms. The van der Waals surface area contributed by atoms with Gasteiger partial charge in [0.1, 0.15) is 12.1 Å². The summed E-state index contributed by atoms with van der Waals surface area (Å²) < 4.78 is 0. The Hall–Kier alpha value is -2.94. The summed E-state index contributed by atoms with van der Waals surface area (Å²) in [6, 6.07) is 19.3. The van der Waals surface area contributed by atoms with Crippen LogP contribution in [0.5, 0.6) is 0 Å². The Kier molecular flexibility index (Phi) is 2.57. The van der Waals surface area contributed by atoms with Crippen molar-refractivity contribution >= 4 is 27.6 Å². The zero-order valence-electron chi connectivity index (χ0n) is 11.2. The van der Waals surface area contributed by atoms with E-state index in [1.165, 1.54) is 0 Å². The average molecular weight is 272 g/mol. The van der Waals surface area contributed by atoms with E-state index in [-0.39, 0.29) is 5.76 Å². The zero-order chi connectivity index (χ0) is 14.2. The molecule has 0 saturated carbocycles. The first-order chi connectivity index (χ1) is 10.3. The topological polar surface area (TPSA) is 46.0 Å². The van der Waals surface area contributed by atoms with Crippen molar-refractivity contribution in [2.24, 2.45) is 0 Å². The number of benzene rings is 3. The molecule has 21 heavy (non-hydrogen) atoms. The van der Waals surface area contributed by atoms with Gasteiger partial charge < -0.3 is 5.11 Å². The van der Waals surface area contributed by atoms with Gasteiger partial charge in [0.25, 0.3) is 0 Å². The van der Waals surface area contributed by atoms with Gasteiger partial charge in [0.15, 0.2) is 0 Å². The molecule has 0 unspecified atom stereocenters. The monoisotopic (exact) mass is 272 g/mol. The molecule has 1 aromatic heterocycles. The lowest BCUT2D eigenvalue weighted by molar-refractivity contribution is 0.508. The summed E-state index contributed by atoms with van der Waals surface area (Å²) in [4.78, 5) is 8.60. The number of rotatable bonds is 1. The molecule has 4 rings (SSSR count). The van der Waals surface area contributed by atoms with E-state index in [1.54, 1.807) is 6.33 Å². The molecule has 0 saturated heterocycles. The van der Waals surface area contributed by atoms with E-state index in [4.69, 9.17) is 0 Å². The van der Waals surface area contributed by atoms with Gasteiger partial charge in [-0.2, -0.15) is 0 Å². The SMILES string of the molecule is O/C(c1ccccc1)=c1/ccc2ncnc3cccc1c32. The maximum Gasteiger partial charge on any atom is 0.130 e. The first kappa shape index (κ1) is 11.9. The number of aliphatic hydroxyl groups is 1. The fraction of sp³-hybridized carbons (Fsp3) is 0. The van der Waals surface area contributed by atoms with E-state index >= 15 is 0 Å². The van der Waals surface area contributed by atoms with Crippen LogP contribution < -0.4 is 5.22 Å². The van der Waals surface area contributed by atoms with Crippen molar-refractivity contribution in [3.05, 3.63) is 77.8 Å². The second kappa shape index (κ2) is 4.56. The molecule has 1 N–H and O–H groups in total. The first-order valence-electron chi connectivity index (χ1n) is 6.75. The number of hydrogen-bond acceptors (Lipinski definition) is 3. The molecule has 3 nitrogen and oxygen atoms in total. The quantitative estimate of drug-likeness (QED) is 0.578. The van der Waals surface area contributed by atoms with Crippen molar-refractivity contribution in [3.63, 3.8) is 0 Å². The van der Waals surface area contributed by atoms with Gasteiger partial charge in [-0.1, -0.05) is 42.5 Å². The fourth-order valence-corrected chi connectivity index (χ4v) is 2.70. The third-order valence-electron chi connectivity index (χ3n) is 3.69. The summed E-state index contributed by atoms with van der Waals surface area (Å²) in [6.45, 7) is 0. The molecule has 0 fully saturated rings. The van der Waals surface area contributed by atoms with E-state index in [0.29, 0.717) is 0 Å². The summed E-state index contributed by atoms with van der Waals surface area (Å²) in [5.41, 5.74) is 2.58. The standard InChI is InChI=1S/C18H12N2O/c21-18(12-5-2-1-3-6-12)14-9-10-16-17-13(14)7-4-8-15(17)19-11-20-16/h1-11,21H/b18-14-. The van der Waals surface area contributed by atoms with Crippen LogP contribution in [0.4, 0.5) is 0 Å². The molecular formula is C18H12N2O. The predicted molar refractivity (Wildman–Crippen MR) is 83.8 cm³/mol. The van der Waals surface area contributed by atoms with Crippen LogP contribution >= 0.6 is 0 Å². The lowest BCUT2D eigenvalue weighted by atomic mass is 10.0.